The summed E-state index contributed by atoms with van der Waals surface area (Å²) >= 11 is 1.55. The summed E-state index contributed by atoms with van der Waals surface area (Å²) < 4.78 is 25.0. The van der Waals surface area contributed by atoms with Crippen LogP contribution in [0, 0.1) is 14.9 Å². The molecule has 0 saturated heterocycles. The standard InChI is InChI=1S/C8H3F2IN2O2/c9-7(10)5-4(11)1-3(2-12)13-6(5)8(14)15/h1,7H,(H,14,15). The fourth-order valence-corrected chi connectivity index (χ4v) is 1.74. The molecule has 78 valence electrons. The number of halogens is 3. The minimum absolute atomic E-state index is 0.0200. The molecule has 0 aliphatic carbocycles. The minimum Gasteiger partial charge on any atom is -0.476 e. The van der Waals surface area contributed by atoms with E-state index in [1.165, 1.54) is 0 Å². The Morgan fingerprint density at radius 1 is 1.67 bits per heavy atom. The summed E-state index contributed by atoms with van der Waals surface area (Å²) in [4.78, 5) is 14.0. The molecule has 1 heterocycles. The first kappa shape index (κ1) is 11.8. The van der Waals surface area contributed by atoms with Crippen LogP contribution in [0.4, 0.5) is 8.78 Å². The number of nitriles is 1. The Bertz CT molecular complexity index is 457. The molecule has 0 bridgehead atoms. The van der Waals surface area contributed by atoms with Crippen molar-refractivity contribution in [2.45, 2.75) is 6.43 Å². The molecule has 0 saturated carbocycles. The summed E-state index contributed by atoms with van der Waals surface area (Å²) in [5.41, 5.74) is -1.61. The maximum atomic E-state index is 12.5. The van der Waals surface area contributed by atoms with Crippen molar-refractivity contribution < 1.29 is 18.7 Å². The van der Waals surface area contributed by atoms with Crippen LogP contribution in [0.25, 0.3) is 0 Å². The van der Waals surface area contributed by atoms with Crippen molar-refractivity contribution in [3.05, 3.63) is 26.6 Å². The van der Waals surface area contributed by atoms with E-state index in [4.69, 9.17) is 10.4 Å². The third kappa shape index (κ3) is 2.38. The molecule has 0 fully saturated rings. The first-order valence-electron chi connectivity index (χ1n) is 3.59. The van der Waals surface area contributed by atoms with Gasteiger partial charge < -0.3 is 5.11 Å². The molecule has 0 spiro atoms. The molecule has 0 aromatic carbocycles. The highest BCUT2D eigenvalue weighted by molar-refractivity contribution is 14.1. The lowest BCUT2D eigenvalue weighted by molar-refractivity contribution is 0.0676. The zero-order valence-electron chi connectivity index (χ0n) is 7.04. The number of rotatable bonds is 2. The van der Waals surface area contributed by atoms with Crippen molar-refractivity contribution in [2.75, 3.05) is 0 Å². The number of aromatic carboxylic acids is 1. The van der Waals surface area contributed by atoms with Crippen LogP contribution in [0.15, 0.2) is 6.07 Å². The van der Waals surface area contributed by atoms with Gasteiger partial charge in [0.25, 0.3) is 6.43 Å². The number of aromatic nitrogens is 1. The van der Waals surface area contributed by atoms with E-state index in [-0.39, 0.29) is 9.26 Å². The molecule has 15 heavy (non-hydrogen) atoms. The van der Waals surface area contributed by atoms with Crippen molar-refractivity contribution >= 4 is 28.6 Å². The third-order valence-electron chi connectivity index (χ3n) is 1.54. The second-order valence-corrected chi connectivity index (χ2v) is 3.63. The van der Waals surface area contributed by atoms with Gasteiger partial charge in [-0.15, -0.1) is 0 Å². The van der Waals surface area contributed by atoms with Crippen LogP contribution in [-0.4, -0.2) is 16.1 Å². The number of pyridine rings is 1. The molecule has 0 unspecified atom stereocenters. The van der Waals surface area contributed by atoms with Crippen LogP contribution in [0.1, 0.15) is 28.2 Å². The van der Waals surface area contributed by atoms with Crippen LogP contribution in [0.3, 0.4) is 0 Å². The smallest absolute Gasteiger partial charge is 0.355 e. The summed E-state index contributed by atoms with van der Waals surface area (Å²) in [6.07, 6.45) is -2.93. The number of hydrogen-bond donors (Lipinski definition) is 1. The van der Waals surface area contributed by atoms with E-state index in [1.807, 2.05) is 0 Å². The quantitative estimate of drug-likeness (QED) is 0.847. The molecule has 1 aromatic rings. The molecule has 4 nitrogen and oxygen atoms in total. The lowest BCUT2D eigenvalue weighted by Crippen LogP contribution is -2.09. The average Bonchev–Trinajstić information content (AvgIpc) is 2.15. The predicted octanol–water partition coefficient (Wildman–Crippen LogP) is 2.19. The zero-order chi connectivity index (χ0) is 11.6. The van der Waals surface area contributed by atoms with Crippen LogP contribution < -0.4 is 0 Å². The number of nitrogens with zero attached hydrogens (tertiary/aromatic N) is 2. The van der Waals surface area contributed by atoms with Gasteiger partial charge in [-0.2, -0.15) is 5.26 Å². The van der Waals surface area contributed by atoms with Crippen molar-refractivity contribution in [3.8, 4) is 6.07 Å². The topological polar surface area (TPSA) is 74.0 Å². The van der Waals surface area contributed by atoms with E-state index in [2.05, 4.69) is 4.98 Å². The average molecular weight is 324 g/mol. The van der Waals surface area contributed by atoms with Gasteiger partial charge in [-0.1, -0.05) is 0 Å². The minimum atomic E-state index is -2.93. The van der Waals surface area contributed by atoms with Gasteiger partial charge in [0.05, 0.1) is 5.56 Å². The van der Waals surface area contributed by atoms with Crippen molar-refractivity contribution in [1.29, 1.82) is 5.26 Å². The van der Waals surface area contributed by atoms with Gasteiger partial charge in [-0.3, -0.25) is 0 Å². The maximum Gasteiger partial charge on any atom is 0.355 e. The molecule has 0 aliphatic rings. The fraction of sp³-hybridized carbons (Fsp3) is 0.125. The summed E-state index contributed by atoms with van der Waals surface area (Å²) in [5, 5.41) is 17.2. The molecule has 1 rings (SSSR count). The fourth-order valence-electron chi connectivity index (χ4n) is 0.952. The second kappa shape index (κ2) is 4.48. The summed E-state index contributed by atoms with van der Waals surface area (Å²) in [6.45, 7) is 0. The summed E-state index contributed by atoms with van der Waals surface area (Å²) in [6, 6.07) is 2.72. The van der Waals surface area contributed by atoms with Gasteiger partial charge >= 0.3 is 5.97 Å². The Morgan fingerprint density at radius 2 is 2.27 bits per heavy atom. The second-order valence-electron chi connectivity index (χ2n) is 2.47. The van der Waals surface area contributed by atoms with Crippen molar-refractivity contribution in [1.82, 2.24) is 4.98 Å². The van der Waals surface area contributed by atoms with Gasteiger partial charge in [0.15, 0.2) is 5.69 Å². The molecule has 0 atom stereocenters. The van der Waals surface area contributed by atoms with E-state index in [9.17, 15) is 13.6 Å². The molecule has 7 heteroatoms. The van der Waals surface area contributed by atoms with E-state index in [0.29, 0.717) is 0 Å². The van der Waals surface area contributed by atoms with Crippen LogP contribution >= 0.6 is 22.6 Å². The number of hydrogen-bond acceptors (Lipinski definition) is 3. The molecule has 0 aliphatic heterocycles. The summed E-state index contributed by atoms with van der Waals surface area (Å²) in [5.74, 6) is -1.57. The normalized spacial score (nSPS) is 10.1. The Hall–Kier alpha value is -1.30. The van der Waals surface area contributed by atoms with Crippen molar-refractivity contribution in [2.24, 2.45) is 0 Å². The molecule has 1 aromatic heterocycles. The van der Waals surface area contributed by atoms with Crippen LogP contribution in [0.2, 0.25) is 0 Å². The number of carboxylic acids is 1. The largest absolute Gasteiger partial charge is 0.476 e. The maximum absolute atomic E-state index is 12.5. The lowest BCUT2D eigenvalue weighted by atomic mass is 10.2. The molecular weight excluding hydrogens is 321 g/mol. The van der Waals surface area contributed by atoms with Gasteiger partial charge in [0, 0.05) is 3.57 Å². The monoisotopic (exact) mass is 324 g/mol. The van der Waals surface area contributed by atoms with Gasteiger partial charge in [-0.05, 0) is 28.7 Å². The lowest BCUT2D eigenvalue weighted by Gasteiger charge is -2.06. The molecule has 1 N–H and O–H groups in total. The Balaban J connectivity index is 3.51. The van der Waals surface area contributed by atoms with E-state index in [0.717, 1.165) is 6.07 Å². The SMILES string of the molecule is N#Cc1cc(I)c(C(F)F)c(C(=O)O)n1. The van der Waals surface area contributed by atoms with Crippen LogP contribution in [0.5, 0.6) is 0 Å². The molecular formula is C8H3F2IN2O2. The van der Waals surface area contributed by atoms with Crippen molar-refractivity contribution in [3.63, 3.8) is 0 Å². The van der Waals surface area contributed by atoms with Gasteiger partial charge in [0.1, 0.15) is 11.8 Å². The predicted molar refractivity (Wildman–Crippen MR) is 53.6 cm³/mol. The highest BCUT2D eigenvalue weighted by Crippen LogP contribution is 2.27. The van der Waals surface area contributed by atoms with E-state index >= 15 is 0 Å². The Labute approximate surface area is 96.7 Å². The van der Waals surface area contributed by atoms with E-state index in [1.54, 1.807) is 28.7 Å². The number of alkyl halides is 2. The third-order valence-corrected chi connectivity index (χ3v) is 2.44. The van der Waals surface area contributed by atoms with E-state index < -0.39 is 23.7 Å². The molecule has 0 amide bonds. The Morgan fingerprint density at radius 3 is 2.67 bits per heavy atom. The summed E-state index contributed by atoms with van der Waals surface area (Å²) in [7, 11) is 0. The first-order valence-corrected chi connectivity index (χ1v) is 4.67. The first-order chi connectivity index (χ1) is 6.97. The number of carbonyl (C=O) groups is 1. The highest BCUT2D eigenvalue weighted by atomic mass is 127. The molecule has 0 radical (unpaired) electrons. The van der Waals surface area contributed by atoms with Crippen LogP contribution in [-0.2, 0) is 0 Å². The zero-order valence-corrected chi connectivity index (χ0v) is 9.20. The highest BCUT2D eigenvalue weighted by Gasteiger charge is 2.23. The van der Waals surface area contributed by atoms with Gasteiger partial charge in [-0.25, -0.2) is 18.6 Å². The Kier molecular flexibility index (Phi) is 3.52. The number of carboxylic acid groups (broad SMARTS) is 1. The van der Waals surface area contributed by atoms with Gasteiger partial charge in [0.2, 0.25) is 0 Å².